The Balaban J connectivity index is 3.05. The molecule has 0 spiro atoms. The molecule has 1 N–H and O–H groups in total. The van der Waals surface area contributed by atoms with Crippen LogP contribution in [0.25, 0.3) is 0 Å². The highest BCUT2D eigenvalue weighted by atomic mass is 16.6. The fourth-order valence-corrected chi connectivity index (χ4v) is 2.76. The Hall–Kier alpha value is -0.970. The third-order valence-electron chi connectivity index (χ3n) is 5.28. The number of aliphatic carboxylic acids is 1. The molecule has 0 aliphatic carbocycles. The first-order valence-electron chi connectivity index (χ1n) is 14.7. The highest BCUT2D eigenvalue weighted by molar-refractivity contribution is 5.66. The summed E-state index contributed by atoms with van der Waals surface area (Å²) in [5.41, 5.74) is 0. The Kier molecular flexibility index (Phi) is 34.4. The molecule has 0 heterocycles. The average Bonchev–Trinajstić information content (AvgIpc) is 2.97. The van der Waals surface area contributed by atoms with E-state index in [1.807, 2.05) is 0 Å². The van der Waals surface area contributed by atoms with Crippen molar-refractivity contribution >= 4 is 5.97 Å². The average molecular weight is 601 g/mol. The van der Waals surface area contributed by atoms with E-state index < -0.39 is 5.97 Å². The van der Waals surface area contributed by atoms with E-state index in [-0.39, 0.29) is 13.0 Å². The van der Waals surface area contributed by atoms with Crippen LogP contribution >= 0.6 is 0 Å². The molecule has 0 aliphatic rings. The van der Waals surface area contributed by atoms with Gasteiger partial charge < -0.3 is 57.2 Å². The smallest absolute Gasteiger partial charge is 0.305 e. The molecule has 0 saturated heterocycles. The van der Waals surface area contributed by atoms with E-state index in [1.165, 1.54) is 0 Å². The summed E-state index contributed by atoms with van der Waals surface area (Å²) in [7, 11) is 0. The van der Waals surface area contributed by atoms with Crippen molar-refractivity contribution in [2.75, 3.05) is 145 Å². The van der Waals surface area contributed by atoms with E-state index in [4.69, 9.17) is 57.2 Å². The number of carboxylic acids is 1. The largest absolute Gasteiger partial charge is 0.481 e. The quantitative estimate of drug-likeness (QED) is 0.104. The monoisotopic (exact) mass is 600 g/mol. The van der Waals surface area contributed by atoms with Crippen molar-refractivity contribution < 1.29 is 62.0 Å². The summed E-state index contributed by atoms with van der Waals surface area (Å²) in [5.74, 6) is -0.278. The maximum atomic E-state index is 10.3. The first kappa shape index (κ1) is 40.0. The number of hydrogen-bond donors (Lipinski definition) is 1. The van der Waals surface area contributed by atoms with Crippen LogP contribution in [0.2, 0.25) is 0 Å². The van der Waals surface area contributed by atoms with E-state index in [0.717, 1.165) is 13.0 Å². The zero-order valence-electron chi connectivity index (χ0n) is 25.4. The Morgan fingerprint density at radius 1 is 0.439 bits per heavy atom. The minimum atomic E-state index is -0.872. The molecule has 0 aliphatic heterocycles. The second-order valence-corrected chi connectivity index (χ2v) is 8.86. The maximum absolute atomic E-state index is 10.3. The molecule has 0 bridgehead atoms. The summed E-state index contributed by atoms with van der Waals surface area (Å²) in [6.07, 6.45) is 1.13. The van der Waals surface area contributed by atoms with E-state index in [2.05, 4.69) is 13.8 Å². The number of ether oxygens (including phenoxy) is 11. The molecule has 0 aromatic carbocycles. The minimum absolute atomic E-state index is 0.000378. The summed E-state index contributed by atoms with van der Waals surface area (Å²) in [6.45, 7) is 15.4. The lowest BCUT2D eigenvalue weighted by Gasteiger charge is -2.10. The summed E-state index contributed by atoms with van der Waals surface area (Å²) >= 11 is 0. The molecule has 13 nitrogen and oxygen atoms in total. The molecule has 0 rings (SSSR count). The lowest BCUT2D eigenvalue weighted by atomic mass is 10.1. The predicted molar refractivity (Wildman–Crippen MR) is 151 cm³/mol. The minimum Gasteiger partial charge on any atom is -0.481 e. The third-order valence-corrected chi connectivity index (χ3v) is 5.28. The van der Waals surface area contributed by atoms with Crippen LogP contribution in [-0.4, -0.2) is 156 Å². The van der Waals surface area contributed by atoms with Gasteiger partial charge in [-0.1, -0.05) is 20.3 Å². The Labute approximate surface area is 246 Å². The van der Waals surface area contributed by atoms with Gasteiger partial charge in [-0.2, -0.15) is 0 Å². The van der Waals surface area contributed by atoms with Crippen LogP contribution in [0.15, 0.2) is 0 Å². The van der Waals surface area contributed by atoms with Crippen molar-refractivity contribution in [2.45, 2.75) is 26.7 Å². The van der Waals surface area contributed by atoms with Crippen molar-refractivity contribution in [1.82, 2.24) is 0 Å². The van der Waals surface area contributed by atoms with Gasteiger partial charge in [0.05, 0.1) is 145 Å². The van der Waals surface area contributed by atoms with Gasteiger partial charge >= 0.3 is 5.97 Å². The number of carbonyl (C=O) groups is 1. The van der Waals surface area contributed by atoms with Crippen LogP contribution in [0.4, 0.5) is 0 Å². The van der Waals surface area contributed by atoms with E-state index >= 15 is 0 Å². The van der Waals surface area contributed by atoms with Gasteiger partial charge in [-0.05, 0) is 5.92 Å². The van der Waals surface area contributed by atoms with Crippen LogP contribution in [0, 0.1) is 5.92 Å². The standard InChI is InChI=1S/C28H56O13/c1-3-27(2)26-41-25-24-40-23-22-39-21-20-38-19-18-37-17-16-36-15-14-35-13-12-34-11-10-33-9-8-32-7-6-31-5-4-28(29)30/h27H,3-26H2,1-2H3,(H,29,30). The first-order valence-corrected chi connectivity index (χ1v) is 14.7. The van der Waals surface area contributed by atoms with Gasteiger partial charge in [0, 0.05) is 6.61 Å². The van der Waals surface area contributed by atoms with Gasteiger partial charge in [-0.3, -0.25) is 4.79 Å². The van der Waals surface area contributed by atoms with Crippen LogP contribution < -0.4 is 0 Å². The molecule has 0 radical (unpaired) electrons. The van der Waals surface area contributed by atoms with Crippen molar-refractivity contribution in [3.8, 4) is 0 Å². The lowest BCUT2D eigenvalue weighted by molar-refractivity contribution is -0.138. The summed E-state index contributed by atoms with van der Waals surface area (Å²) in [4.78, 5) is 10.3. The second kappa shape index (κ2) is 35.2. The predicted octanol–water partition coefficient (Wildman–Crippen LogP) is 1.69. The third kappa shape index (κ3) is 37.0. The van der Waals surface area contributed by atoms with E-state index in [1.54, 1.807) is 0 Å². The molecule has 0 amide bonds. The molecule has 0 saturated carbocycles. The number of hydrogen-bond acceptors (Lipinski definition) is 12. The van der Waals surface area contributed by atoms with Crippen molar-refractivity contribution in [3.05, 3.63) is 0 Å². The zero-order chi connectivity index (χ0) is 29.9. The van der Waals surface area contributed by atoms with Gasteiger partial charge in [-0.25, -0.2) is 0 Å². The highest BCUT2D eigenvalue weighted by Gasteiger charge is 1.99. The van der Waals surface area contributed by atoms with Gasteiger partial charge in [0.25, 0.3) is 0 Å². The highest BCUT2D eigenvalue weighted by Crippen LogP contribution is 2.00. The SMILES string of the molecule is CCC(C)COCCOCCOCCOCCOCCOCCOCCOCCOCCOCCOCCC(=O)O. The van der Waals surface area contributed by atoms with Crippen molar-refractivity contribution in [2.24, 2.45) is 5.92 Å². The van der Waals surface area contributed by atoms with Gasteiger partial charge in [-0.15, -0.1) is 0 Å². The van der Waals surface area contributed by atoms with Crippen LogP contribution in [0.3, 0.4) is 0 Å². The topological polar surface area (TPSA) is 139 Å². The molecule has 1 unspecified atom stereocenters. The molecule has 13 heteroatoms. The fourth-order valence-electron chi connectivity index (χ4n) is 2.76. The molecule has 0 aromatic rings. The molecule has 41 heavy (non-hydrogen) atoms. The van der Waals surface area contributed by atoms with Crippen LogP contribution in [0.5, 0.6) is 0 Å². The molecule has 0 fully saturated rings. The van der Waals surface area contributed by atoms with Gasteiger partial charge in [0.2, 0.25) is 0 Å². The summed E-state index contributed by atoms with van der Waals surface area (Å²) in [5, 5.41) is 8.48. The molecule has 1 atom stereocenters. The van der Waals surface area contributed by atoms with E-state index in [9.17, 15) is 4.79 Å². The Morgan fingerprint density at radius 2 is 0.659 bits per heavy atom. The summed E-state index contributed by atoms with van der Waals surface area (Å²) in [6, 6.07) is 0. The Bertz CT molecular complexity index is 513. The maximum Gasteiger partial charge on any atom is 0.305 e. The Morgan fingerprint density at radius 3 is 0.878 bits per heavy atom. The molecule has 246 valence electrons. The van der Waals surface area contributed by atoms with E-state index in [0.29, 0.717) is 138 Å². The fraction of sp³-hybridized carbons (Fsp3) is 0.964. The van der Waals surface area contributed by atoms with Crippen LogP contribution in [-0.2, 0) is 56.9 Å². The van der Waals surface area contributed by atoms with Gasteiger partial charge in [0.1, 0.15) is 0 Å². The van der Waals surface area contributed by atoms with Crippen molar-refractivity contribution in [3.63, 3.8) is 0 Å². The zero-order valence-corrected chi connectivity index (χ0v) is 25.4. The number of carboxylic acid groups (broad SMARTS) is 1. The van der Waals surface area contributed by atoms with Crippen molar-refractivity contribution in [1.29, 1.82) is 0 Å². The first-order chi connectivity index (χ1) is 20.2. The second-order valence-electron chi connectivity index (χ2n) is 8.86. The van der Waals surface area contributed by atoms with Crippen LogP contribution in [0.1, 0.15) is 26.7 Å². The molecule has 0 aromatic heterocycles. The molecular formula is C28H56O13. The normalized spacial score (nSPS) is 12.2. The lowest BCUT2D eigenvalue weighted by Crippen LogP contribution is -2.15. The number of rotatable bonds is 36. The molecular weight excluding hydrogens is 544 g/mol. The summed E-state index contributed by atoms with van der Waals surface area (Å²) < 4.78 is 59.5. The van der Waals surface area contributed by atoms with Gasteiger partial charge in [0.15, 0.2) is 0 Å².